The number of amides is 1. The van der Waals surface area contributed by atoms with Gasteiger partial charge in [0.15, 0.2) is 0 Å². The van der Waals surface area contributed by atoms with Crippen molar-refractivity contribution in [2.75, 3.05) is 0 Å². The number of halogens is 4. The van der Waals surface area contributed by atoms with Gasteiger partial charge < -0.3 is 10.6 Å². The molecule has 0 spiro atoms. The van der Waals surface area contributed by atoms with Crippen LogP contribution in [0.5, 0.6) is 0 Å². The Morgan fingerprint density at radius 2 is 1.88 bits per heavy atom. The number of benzene rings is 1. The second kappa shape index (κ2) is 9.09. The lowest BCUT2D eigenvalue weighted by Crippen LogP contribution is -2.48. The number of nitrogens with one attached hydrogen (secondary N) is 2. The van der Waals surface area contributed by atoms with Crippen LogP contribution in [-0.2, 0) is 0 Å². The third-order valence-corrected chi connectivity index (χ3v) is 6.13. The molecule has 0 radical (unpaired) electrons. The maximum atomic E-state index is 12.5. The largest absolute Gasteiger partial charge is 0.348 e. The predicted molar refractivity (Wildman–Crippen MR) is 112 cm³/mol. The fourth-order valence-corrected chi connectivity index (χ4v) is 4.99. The molecule has 2 bridgehead atoms. The Kier molecular flexibility index (Phi) is 7.60. The number of fused-ring (bicyclic) bond motifs is 2. The summed E-state index contributed by atoms with van der Waals surface area (Å²) in [6.45, 7) is 0. The average Bonchev–Trinajstić information content (AvgIpc) is 3.14. The van der Waals surface area contributed by atoms with Crippen LogP contribution >= 0.6 is 59.4 Å². The Hall–Kier alpha value is -0.560. The van der Waals surface area contributed by atoms with Crippen LogP contribution in [0.25, 0.3) is 10.6 Å². The van der Waals surface area contributed by atoms with Crippen molar-refractivity contribution in [1.29, 1.82) is 0 Å². The van der Waals surface area contributed by atoms with E-state index in [1.165, 1.54) is 24.2 Å². The third-order valence-electron chi connectivity index (χ3n) is 4.71. The highest BCUT2D eigenvalue weighted by molar-refractivity contribution is 7.13. The molecule has 2 atom stereocenters. The summed E-state index contributed by atoms with van der Waals surface area (Å²) in [4.78, 5) is 16.9. The molecule has 1 amide bonds. The van der Waals surface area contributed by atoms with E-state index >= 15 is 0 Å². The average molecular weight is 455 g/mol. The quantitative estimate of drug-likeness (QED) is 0.687. The van der Waals surface area contributed by atoms with Crippen molar-refractivity contribution in [3.63, 3.8) is 0 Å². The maximum Gasteiger partial charge on any atom is 0.270 e. The van der Waals surface area contributed by atoms with Crippen molar-refractivity contribution in [3.8, 4) is 10.6 Å². The summed E-state index contributed by atoms with van der Waals surface area (Å²) in [5.74, 6) is -0.103. The van der Waals surface area contributed by atoms with Crippen molar-refractivity contribution in [2.24, 2.45) is 0 Å². The standard InChI is InChI=1S/C17H17Cl2N3OS.2ClH/c18-9-1-4-13(14(19)5-9)17-22-15(8-24-17)16(23)21-12-6-10-2-3-11(7-12)20-10;;/h1,4-5,8,10-12,20H,2-3,6-7H2,(H,21,23);2*1H. The van der Waals surface area contributed by atoms with Gasteiger partial charge in [-0.05, 0) is 43.9 Å². The van der Waals surface area contributed by atoms with Gasteiger partial charge in [-0.15, -0.1) is 36.2 Å². The Labute approximate surface area is 178 Å². The van der Waals surface area contributed by atoms with Crippen LogP contribution in [0.3, 0.4) is 0 Å². The molecule has 2 aromatic rings. The van der Waals surface area contributed by atoms with Crippen molar-refractivity contribution in [3.05, 3.63) is 39.3 Å². The number of carbonyl (C=O) groups is 1. The van der Waals surface area contributed by atoms with Gasteiger partial charge in [0.2, 0.25) is 0 Å². The molecule has 9 heteroatoms. The van der Waals surface area contributed by atoms with Crippen LogP contribution in [-0.4, -0.2) is 29.0 Å². The molecule has 26 heavy (non-hydrogen) atoms. The van der Waals surface area contributed by atoms with Gasteiger partial charge in [0.1, 0.15) is 10.7 Å². The number of hydrogen-bond donors (Lipinski definition) is 2. The van der Waals surface area contributed by atoms with Crippen molar-refractivity contribution in [2.45, 2.75) is 43.8 Å². The molecule has 4 nitrogen and oxygen atoms in total. The van der Waals surface area contributed by atoms with Crippen LogP contribution in [0.1, 0.15) is 36.2 Å². The first kappa shape index (κ1) is 21.7. The van der Waals surface area contributed by atoms with Crippen molar-refractivity contribution >= 4 is 65.3 Å². The number of piperidine rings is 1. The highest BCUT2D eigenvalue weighted by atomic mass is 35.5. The van der Waals surface area contributed by atoms with E-state index in [-0.39, 0.29) is 36.8 Å². The minimum Gasteiger partial charge on any atom is -0.348 e. The molecule has 0 aliphatic carbocycles. The zero-order chi connectivity index (χ0) is 16.7. The summed E-state index contributed by atoms with van der Waals surface area (Å²) in [5.41, 5.74) is 1.25. The Balaban J connectivity index is 0.00000121. The molecule has 1 aromatic carbocycles. The van der Waals surface area contributed by atoms with E-state index in [1.54, 1.807) is 17.5 Å². The summed E-state index contributed by atoms with van der Waals surface area (Å²) >= 11 is 13.6. The molecular formula is C17H19Cl4N3OS. The van der Waals surface area contributed by atoms with E-state index in [0.717, 1.165) is 23.4 Å². The normalized spacial score (nSPS) is 23.7. The highest BCUT2D eigenvalue weighted by Gasteiger charge is 2.34. The first-order valence-electron chi connectivity index (χ1n) is 8.06. The lowest BCUT2D eigenvalue weighted by Gasteiger charge is -2.29. The summed E-state index contributed by atoms with van der Waals surface area (Å²) in [6.07, 6.45) is 4.43. The van der Waals surface area contributed by atoms with Crippen LogP contribution < -0.4 is 10.6 Å². The number of aromatic nitrogens is 1. The van der Waals surface area contributed by atoms with Gasteiger partial charge in [-0.2, -0.15) is 0 Å². The van der Waals surface area contributed by atoms with E-state index in [2.05, 4.69) is 15.6 Å². The molecule has 3 heterocycles. The first-order valence-corrected chi connectivity index (χ1v) is 9.70. The monoisotopic (exact) mass is 453 g/mol. The van der Waals surface area contributed by atoms with Gasteiger partial charge in [-0.3, -0.25) is 4.79 Å². The zero-order valence-electron chi connectivity index (χ0n) is 13.7. The minimum atomic E-state index is -0.103. The van der Waals surface area contributed by atoms with Gasteiger partial charge in [-0.1, -0.05) is 23.2 Å². The van der Waals surface area contributed by atoms with Crippen LogP contribution in [0.15, 0.2) is 23.6 Å². The maximum absolute atomic E-state index is 12.5. The molecule has 2 fully saturated rings. The van der Waals surface area contributed by atoms with Gasteiger partial charge >= 0.3 is 0 Å². The fraction of sp³-hybridized carbons (Fsp3) is 0.412. The van der Waals surface area contributed by atoms with Crippen LogP contribution in [0.4, 0.5) is 0 Å². The van der Waals surface area contributed by atoms with Gasteiger partial charge in [-0.25, -0.2) is 4.98 Å². The number of hydrogen-bond acceptors (Lipinski definition) is 4. The number of thiazole rings is 1. The van der Waals surface area contributed by atoms with Gasteiger partial charge in [0.25, 0.3) is 5.91 Å². The van der Waals surface area contributed by atoms with Crippen LogP contribution in [0, 0.1) is 0 Å². The Morgan fingerprint density at radius 1 is 1.19 bits per heavy atom. The number of nitrogens with zero attached hydrogens (tertiary/aromatic N) is 1. The van der Waals surface area contributed by atoms with E-state index < -0.39 is 0 Å². The molecule has 2 N–H and O–H groups in total. The van der Waals surface area contributed by atoms with E-state index in [4.69, 9.17) is 23.2 Å². The van der Waals surface area contributed by atoms with Gasteiger partial charge in [0.05, 0.1) is 5.02 Å². The predicted octanol–water partition coefficient (Wildman–Crippen LogP) is 4.97. The smallest absolute Gasteiger partial charge is 0.270 e. The fourth-order valence-electron chi connectivity index (χ4n) is 3.60. The van der Waals surface area contributed by atoms with Crippen molar-refractivity contribution in [1.82, 2.24) is 15.6 Å². The minimum absolute atomic E-state index is 0. The zero-order valence-corrected chi connectivity index (χ0v) is 17.7. The van der Waals surface area contributed by atoms with Crippen LogP contribution in [0.2, 0.25) is 10.0 Å². The molecule has 2 aliphatic rings. The number of carbonyl (C=O) groups excluding carboxylic acids is 1. The van der Waals surface area contributed by atoms with Crippen molar-refractivity contribution < 1.29 is 4.79 Å². The Morgan fingerprint density at radius 3 is 2.54 bits per heavy atom. The summed E-state index contributed by atoms with van der Waals surface area (Å²) in [5, 5.41) is 10.3. The van der Waals surface area contributed by atoms with E-state index in [1.807, 2.05) is 6.07 Å². The third kappa shape index (κ3) is 4.64. The topological polar surface area (TPSA) is 54.0 Å². The molecule has 0 saturated carbocycles. The first-order chi connectivity index (χ1) is 11.6. The molecule has 142 valence electrons. The molecule has 2 aliphatic heterocycles. The summed E-state index contributed by atoms with van der Waals surface area (Å²) in [7, 11) is 0. The lowest BCUT2D eigenvalue weighted by molar-refractivity contribution is 0.0919. The second-order valence-electron chi connectivity index (χ2n) is 6.44. The highest BCUT2D eigenvalue weighted by Crippen LogP contribution is 2.32. The number of rotatable bonds is 3. The summed E-state index contributed by atoms with van der Waals surface area (Å²) < 4.78 is 0. The molecule has 4 rings (SSSR count). The second-order valence-corrected chi connectivity index (χ2v) is 8.14. The molecule has 2 saturated heterocycles. The summed E-state index contributed by atoms with van der Waals surface area (Å²) in [6, 6.07) is 6.62. The SMILES string of the molecule is Cl.Cl.O=C(NC1CC2CCC(C1)N2)c1csc(-c2ccc(Cl)cc2Cl)n1. The lowest BCUT2D eigenvalue weighted by atomic mass is 10.00. The van der Waals surface area contributed by atoms with E-state index in [9.17, 15) is 4.79 Å². The van der Waals surface area contributed by atoms with Gasteiger partial charge in [0, 0.05) is 34.1 Å². The molecule has 1 aromatic heterocycles. The van der Waals surface area contributed by atoms with E-state index in [0.29, 0.717) is 27.8 Å². The Bertz CT molecular complexity index is 773. The molecular weight excluding hydrogens is 436 g/mol. The molecule has 2 unspecified atom stereocenters.